The standard InChI is InChI=1S/C9H14N2O/c12-8-10-7-6-9(11-8)4-2-1-3-5-9/h1-2H,3-7H2,(H2,10,11,12). The zero-order chi connectivity index (χ0) is 8.44. The minimum atomic E-state index is -0.00319. The van der Waals surface area contributed by atoms with E-state index in [9.17, 15) is 4.79 Å². The van der Waals surface area contributed by atoms with Crippen LogP contribution in [0.2, 0.25) is 0 Å². The van der Waals surface area contributed by atoms with Crippen LogP contribution in [0.1, 0.15) is 25.7 Å². The SMILES string of the molecule is O=C1NCCC2(CC=CCC2)N1. The van der Waals surface area contributed by atoms with Gasteiger partial charge in [-0.2, -0.15) is 0 Å². The van der Waals surface area contributed by atoms with Gasteiger partial charge < -0.3 is 10.6 Å². The van der Waals surface area contributed by atoms with Crippen LogP contribution in [-0.2, 0) is 0 Å². The Kier molecular flexibility index (Phi) is 1.79. The molecule has 1 aliphatic heterocycles. The van der Waals surface area contributed by atoms with Crippen LogP contribution in [0.4, 0.5) is 4.79 Å². The first kappa shape index (κ1) is 7.65. The summed E-state index contributed by atoms with van der Waals surface area (Å²) in [5.74, 6) is 0. The molecule has 12 heavy (non-hydrogen) atoms. The van der Waals surface area contributed by atoms with Crippen molar-refractivity contribution in [1.29, 1.82) is 0 Å². The number of allylic oxidation sites excluding steroid dienone is 1. The second-order valence-electron chi connectivity index (χ2n) is 3.63. The molecular formula is C9H14N2O. The number of amides is 2. The number of urea groups is 1. The van der Waals surface area contributed by atoms with E-state index < -0.39 is 0 Å². The molecule has 1 heterocycles. The van der Waals surface area contributed by atoms with Gasteiger partial charge in [0.1, 0.15) is 0 Å². The van der Waals surface area contributed by atoms with Gasteiger partial charge in [-0.05, 0) is 25.7 Å². The van der Waals surface area contributed by atoms with Gasteiger partial charge in [0.25, 0.3) is 0 Å². The molecule has 0 radical (unpaired) electrons. The fourth-order valence-electron chi connectivity index (χ4n) is 1.99. The van der Waals surface area contributed by atoms with Crippen LogP contribution in [0, 0.1) is 0 Å². The Labute approximate surface area is 72.2 Å². The Hall–Kier alpha value is -0.990. The Morgan fingerprint density at radius 2 is 2.25 bits per heavy atom. The third kappa shape index (κ3) is 1.31. The highest BCUT2D eigenvalue weighted by atomic mass is 16.2. The summed E-state index contributed by atoms with van der Waals surface area (Å²) in [5, 5.41) is 5.81. The molecule has 0 aromatic carbocycles. The van der Waals surface area contributed by atoms with Gasteiger partial charge in [-0.3, -0.25) is 0 Å². The molecule has 3 heteroatoms. The maximum absolute atomic E-state index is 11.1. The summed E-state index contributed by atoms with van der Waals surface area (Å²) < 4.78 is 0. The van der Waals surface area contributed by atoms with E-state index in [1.807, 2.05) is 0 Å². The molecule has 0 aromatic rings. The first-order valence-corrected chi connectivity index (χ1v) is 4.52. The highest BCUT2D eigenvalue weighted by molar-refractivity contribution is 5.75. The van der Waals surface area contributed by atoms with E-state index in [4.69, 9.17) is 0 Å². The number of rotatable bonds is 0. The Balaban J connectivity index is 2.08. The van der Waals surface area contributed by atoms with E-state index in [0.29, 0.717) is 0 Å². The Morgan fingerprint density at radius 1 is 1.33 bits per heavy atom. The van der Waals surface area contributed by atoms with Gasteiger partial charge in [0.15, 0.2) is 0 Å². The highest BCUT2D eigenvalue weighted by Gasteiger charge is 2.34. The minimum absolute atomic E-state index is 0.00319. The molecule has 66 valence electrons. The van der Waals surface area contributed by atoms with Crippen molar-refractivity contribution in [3.8, 4) is 0 Å². The molecule has 3 nitrogen and oxygen atoms in total. The monoisotopic (exact) mass is 166 g/mol. The molecule has 0 aromatic heterocycles. The lowest BCUT2D eigenvalue weighted by Crippen LogP contribution is -2.58. The average Bonchev–Trinajstić information content (AvgIpc) is 2.05. The van der Waals surface area contributed by atoms with Gasteiger partial charge in [0, 0.05) is 12.1 Å². The first-order valence-electron chi connectivity index (χ1n) is 4.52. The summed E-state index contributed by atoms with van der Waals surface area (Å²) in [5.41, 5.74) is 0.0804. The van der Waals surface area contributed by atoms with Crippen molar-refractivity contribution in [2.75, 3.05) is 6.54 Å². The molecule has 1 spiro atoms. The maximum atomic E-state index is 11.1. The quantitative estimate of drug-likeness (QED) is 0.521. The summed E-state index contributed by atoms with van der Waals surface area (Å²) in [6.45, 7) is 0.819. The summed E-state index contributed by atoms with van der Waals surface area (Å²) >= 11 is 0. The molecule has 1 atom stereocenters. The van der Waals surface area contributed by atoms with Crippen molar-refractivity contribution in [3.63, 3.8) is 0 Å². The van der Waals surface area contributed by atoms with Crippen molar-refractivity contribution in [1.82, 2.24) is 10.6 Å². The van der Waals surface area contributed by atoms with Gasteiger partial charge in [-0.25, -0.2) is 4.79 Å². The molecule has 1 unspecified atom stereocenters. The highest BCUT2D eigenvalue weighted by Crippen LogP contribution is 2.27. The molecule has 2 aliphatic rings. The van der Waals surface area contributed by atoms with Gasteiger partial charge in [0.2, 0.25) is 0 Å². The summed E-state index contributed by atoms with van der Waals surface area (Å²) in [7, 11) is 0. The number of nitrogens with one attached hydrogen (secondary N) is 2. The zero-order valence-corrected chi connectivity index (χ0v) is 7.10. The van der Waals surface area contributed by atoms with Crippen LogP contribution in [0.3, 0.4) is 0 Å². The maximum Gasteiger partial charge on any atom is 0.315 e. The molecule has 2 amide bonds. The summed E-state index contributed by atoms with van der Waals surface area (Å²) in [4.78, 5) is 11.1. The molecule has 1 fully saturated rings. The molecular weight excluding hydrogens is 152 g/mol. The van der Waals surface area contributed by atoms with Crippen molar-refractivity contribution in [3.05, 3.63) is 12.2 Å². The molecule has 1 aliphatic carbocycles. The molecule has 2 N–H and O–H groups in total. The summed E-state index contributed by atoms with van der Waals surface area (Å²) in [6, 6.07) is -0.00319. The Morgan fingerprint density at radius 3 is 2.92 bits per heavy atom. The van der Waals surface area contributed by atoms with Crippen LogP contribution in [0.25, 0.3) is 0 Å². The van der Waals surface area contributed by atoms with Crippen molar-refractivity contribution < 1.29 is 4.79 Å². The van der Waals surface area contributed by atoms with Gasteiger partial charge >= 0.3 is 6.03 Å². The van der Waals surface area contributed by atoms with Crippen LogP contribution >= 0.6 is 0 Å². The van der Waals surface area contributed by atoms with Gasteiger partial charge in [-0.1, -0.05) is 12.2 Å². The number of carbonyl (C=O) groups excluding carboxylic acids is 1. The van der Waals surface area contributed by atoms with Crippen molar-refractivity contribution in [2.24, 2.45) is 0 Å². The lowest BCUT2D eigenvalue weighted by atomic mass is 9.82. The molecule has 1 saturated heterocycles. The van der Waals surface area contributed by atoms with E-state index in [0.717, 1.165) is 32.2 Å². The third-order valence-electron chi connectivity index (χ3n) is 2.73. The normalized spacial score (nSPS) is 34.5. The third-order valence-corrected chi connectivity index (χ3v) is 2.73. The average molecular weight is 166 g/mol. The predicted octanol–water partition coefficient (Wildman–Crippen LogP) is 1.17. The van der Waals surface area contributed by atoms with Crippen molar-refractivity contribution in [2.45, 2.75) is 31.2 Å². The van der Waals surface area contributed by atoms with Crippen LogP contribution < -0.4 is 10.6 Å². The molecule has 0 saturated carbocycles. The minimum Gasteiger partial charge on any atom is -0.338 e. The van der Waals surface area contributed by atoms with Crippen LogP contribution in [0.5, 0.6) is 0 Å². The van der Waals surface area contributed by atoms with E-state index >= 15 is 0 Å². The largest absolute Gasteiger partial charge is 0.338 e. The first-order chi connectivity index (χ1) is 5.81. The second-order valence-corrected chi connectivity index (χ2v) is 3.63. The summed E-state index contributed by atoms with van der Waals surface area (Å²) in [6.07, 6.45) is 8.62. The number of carbonyl (C=O) groups is 1. The van der Waals surface area contributed by atoms with E-state index in [1.54, 1.807) is 0 Å². The predicted molar refractivity (Wildman–Crippen MR) is 46.9 cm³/mol. The number of hydrogen-bond acceptors (Lipinski definition) is 1. The van der Waals surface area contributed by atoms with Gasteiger partial charge in [-0.15, -0.1) is 0 Å². The topological polar surface area (TPSA) is 41.1 Å². The number of hydrogen-bond donors (Lipinski definition) is 2. The second kappa shape index (κ2) is 2.81. The van der Waals surface area contributed by atoms with Gasteiger partial charge in [0.05, 0.1) is 0 Å². The fraction of sp³-hybridized carbons (Fsp3) is 0.667. The molecule has 0 bridgehead atoms. The van der Waals surface area contributed by atoms with E-state index in [-0.39, 0.29) is 11.6 Å². The molecule has 2 rings (SSSR count). The lowest BCUT2D eigenvalue weighted by molar-refractivity contribution is 0.199. The van der Waals surface area contributed by atoms with Crippen molar-refractivity contribution >= 4 is 6.03 Å². The Bertz CT molecular complexity index is 225. The smallest absolute Gasteiger partial charge is 0.315 e. The van der Waals surface area contributed by atoms with Crippen LogP contribution in [-0.4, -0.2) is 18.1 Å². The van der Waals surface area contributed by atoms with E-state index in [1.165, 1.54) is 0 Å². The van der Waals surface area contributed by atoms with E-state index in [2.05, 4.69) is 22.8 Å². The van der Waals surface area contributed by atoms with Crippen LogP contribution in [0.15, 0.2) is 12.2 Å². The lowest BCUT2D eigenvalue weighted by Gasteiger charge is -2.39. The zero-order valence-electron chi connectivity index (χ0n) is 7.10. The fourth-order valence-corrected chi connectivity index (χ4v) is 1.99.